The zero-order chi connectivity index (χ0) is 21.5. The lowest BCUT2D eigenvalue weighted by Gasteiger charge is -2.16. The van der Waals surface area contributed by atoms with Gasteiger partial charge in [0, 0.05) is 6.07 Å². The maximum Gasteiger partial charge on any atom is 0.326 e. The van der Waals surface area contributed by atoms with E-state index >= 15 is 0 Å². The number of amides is 1. The maximum absolute atomic E-state index is 12.3. The van der Waals surface area contributed by atoms with E-state index in [2.05, 4.69) is 10.3 Å². The zero-order valence-electron chi connectivity index (χ0n) is 16.3. The number of benzene rings is 2. The predicted octanol–water partition coefficient (Wildman–Crippen LogP) is 1.42. The summed E-state index contributed by atoms with van der Waals surface area (Å²) in [5.74, 6) is 0.555. The summed E-state index contributed by atoms with van der Waals surface area (Å²) in [4.78, 5) is 39.3. The standard InChI is InChI=1S/C21H22N4O5/c1-13(23-20(27)18-17(22)19(26)25-21(28)24-18)11-29-15-8-5-9-16(10-15)30-12-14-6-3-2-4-7-14/h2-10,13H,11-12,22H2,1H3,(H,23,27)(H2,24,25,26,28)/t13-/m1/s1. The lowest BCUT2D eigenvalue weighted by molar-refractivity contribution is 0.0922. The van der Waals surface area contributed by atoms with Crippen LogP contribution < -0.4 is 31.8 Å². The smallest absolute Gasteiger partial charge is 0.326 e. The molecule has 2 aromatic carbocycles. The molecule has 156 valence electrons. The molecule has 3 rings (SSSR count). The Morgan fingerprint density at radius 1 is 1.03 bits per heavy atom. The van der Waals surface area contributed by atoms with E-state index in [-0.39, 0.29) is 18.0 Å². The van der Waals surface area contributed by atoms with E-state index in [4.69, 9.17) is 15.2 Å². The van der Waals surface area contributed by atoms with Crippen LogP contribution in [0.2, 0.25) is 0 Å². The Bertz CT molecular complexity index is 1120. The number of H-pyrrole nitrogens is 2. The summed E-state index contributed by atoms with van der Waals surface area (Å²) in [6.07, 6.45) is 0. The lowest BCUT2D eigenvalue weighted by atomic mass is 10.2. The lowest BCUT2D eigenvalue weighted by Crippen LogP contribution is -2.40. The minimum Gasteiger partial charge on any atom is -0.491 e. The van der Waals surface area contributed by atoms with E-state index in [1.807, 2.05) is 41.4 Å². The van der Waals surface area contributed by atoms with Crippen LogP contribution in [0.15, 0.2) is 64.2 Å². The second-order valence-corrected chi connectivity index (χ2v) is 6.63. The summed E-state index contributed by atoms with van der Waals surface area (Å²) in [7, 11) is 0. The summed E-state index contributed by atoms with van der Waals surface area (Å²) in [5.41, 5.74) is 4.34. The first-order valence-electron chi connectivity index (χ1n) is 9.25. The van der Waals surface area contributed by atoms with E-state index in [0.29, 0.717) is 18.1 Å². The van der Waals surface area contributed by atoms with Gasteiger partial charge >= 0.3 is 5.69 Å². The van der Waals surface area contributed by atoms with Crippen molar-refractivity contribution in [2.75, 3.05) is 12.3 Å². The fourth-order valence-corrected chi connectivity index (χ4v) is 2.63. The van der Waals surface area contributed by atoms with E-state index in [1.54, 1.807) is 25.1 Å². The summed E-state index contributed by atoms with van der Waals surface area (Å²) in [6, 6.07) is 16.5. The Morgan fingerprint density at radius 3 is 2.47 bits per heavy atom. The highest BCUT2D eigenvalue weighted by Crippen LogP contribution is 2.20. The number of hydrogen-bond acceptors (Lipinski definition) is 6. The third kappa shape index (κ3) is 5.51. The van der Waals surface area contributed by atoms with Gasteiger partial charge in [-0.1, -0.05) is 36.4 Å². The molecule has 0 unspecified atom stereocenters. The molecular formula is C21H22N4O5. The largest absolute Gasteiger partial charge is 0.491 e. The Balaban J connectivity index is 1.54. The first-order valence-corrected chi connectivity index (χ1v) is 9.25. The fourth-order valence-electron chi connectivity index (χ4n) is 2.63. The average Bonchev–Trinajstić information content (AvgIpc) is 2.74. The number of carbonyl (C=O) groups is 1. The van der Waals surface area contributed by atoms with Crippen LogP contribution in [-0.2, 0) is 6.61 Å². The van der Waals surface area contributed by atoms with Gasteiger partial charge < -0.3 is 25.5 Å². The van der Waals surface area contributed by atoms with E-state index < -0.39 is 23.2 Å². The number of nitrogen functional groups attached to an aromatic ring is 1. The number of rotatable bonds is 8. The maximum atomic E-state index is 12.3. The number of carbonyl (C=O) groups excluding carboxylic acids is 1. The van der Waals surface area contributed by atoms with E-state index in [1.165, 1.54) is 0 Å². The second-order valence-electron chi connectivity index (χ2n) is 6.63. The third-order valence-electron chi connectivity index (χ3n) is 4.14. The number of ether oxygens (including phenoxy) is 2. The fraction of sp³-hybridized carbons (Fsp3) is 0.190. The molecule has 3 aromatic rings. The summed E-state index contributed by atoms with van der Waals surface area (Å²) in [6.45, 7) is 2.31. The van der Waals surface area contributed by atoms with Crippen molar-refractivity contribution < 1.29 is 14.3 Å². The summed E-state index contributed by atoms with van der Waals surface area (Å²) < 4.78 is 11.5. The highest BCUT2D eigenvalue weighted by Gasteiger charge is 2.16. The molecule has 30 heavy (non-hydrogen) atoms. The van der Waals surface area contributed by atoms with Gasteiger partial charge in [0.15, 0.2) is 0 Å². The van der Waals surface area contributed by atoms with Crippen LogP contribution in [0.4, 0.5) is 5.69 Å². The van der Waals surface area contributed by atoms with Gasteiger partial charge in [0.25, 0.3) is 11.5 Å². The topological polar surface area (TPSA) is 139 Å². The molecule has 0 aliphatic heterocycles. The minimum absolute atomic E-state index is 0.154. The molecule has 9 heteroatoms. The second kappa shape index (κ2) is 9.46. The number of anilines is 1. The van der Waals surface area contributed by atoms with Crippen molar-refractivity contribution in [2.45, 2.75) is 19.6 Å². The molecule has 0 fully saturated rings. The molecule has 5 N–H and O–H groups in total. The normalized spacial score (nSPS) is 11.5. The van der Waals surface area contributed by atoms with Crippen molar-refractivity contribution in [1.82, 2.24) is 15.3 Å². The number of nitrogens with two attached hydrogens (primary N) is 1. The molecule has 1 atom stereocenters. The number of aromatic amines is 2. The van der Waals surface area contributed by atoms with Crippen LogP contribution >= 0.6 is 0 Å². The van der Waals surface area contributed by atoms with E-state index in [0.717, 1.165) is 5.56 Å². The zero-order valence-corrected chi connectivity index (χ0v) is 16.3. The van der Waals surface area contributed by atoms with Crippen LogP contribution in [-0.4, -0.2) is 28.5 Å². The van der Waals surface area contributed by atoms with Crippen LogP contribution in [0.25, 0.3) is 0 Å². The SMILES string of the molecule is C[C@H](COc1cccc(OCc2ccccc2)c1)NC(=O)c1[nH]c(=O)[nH]c(=O)c1N. The predicted molar refractivity (Wildman–Crippen MR) is 112 cm³/mol. The molecule has 1 amide bonds. The van der Waals surface area contributed by atoms with Crippen molar-refractivity contribution in [2.24, 2.45) is 0 Å². The first kappa shape index (κ1) is 20.7. The van der Waals surface area contributed by atoms with Gasteiger partial charge in [-0.25, -0.2) is 4.79 Å². The van der Waals surface area contributed by atoms with Crippen molar-refractivity contribution in [3.63, 3.8) is 0 Å². The Hall–Kier alpha value is -4.01. The third-order valence-corrected chi connectivity index (χ3v) is 4.14. The average molecular weight is 410 g/mol. The van der Waals surface area contributed by atoms with Crippen LogP contribution in [0.3, 0.4) is 0 Å². The molecule has 0 radical (unpaired) electrons. The van der Waals surface area contributed by atoms with Gasteiger partial charge in [0.05, 0.1) is 6.04 Å². The van der Waals surface area contributed by atoms with Crippen LogP contribution in [0.5, 0.6) is 11.5 Å². The molecule has 0 saturated heterocycles. The van der Waals surface area contributed by atoms with Crippen molar-refractivity contribution >= 4 is 11.6 Å². The van der Waals surface area contributed by atoms with Gasteiger partial charge in [0.2, 0.25) is 0 Å². The van der Waals surface area contributed by atoms with Gasteiger partial charge in [-0.15, -0.1) is 0 Å². The highest BCUT2D eigenvalue weighted by atomic mass is 16.5. The molecule has 1 heterocycles. The first-order chi connectivity index (χ1) is 14.4. The quantitative estimate of drug-likeness (QED) is 0.443. The van der Waals surface area contributed by atoms with Crippen molar-refractivity contribution in [1.29, 1.82) is 0 Å². The van der Waals surface area contributed by atoms with Crippen LogP contribution in [0, 0.1) is 0 Å². The summed E-state index contributed by atoms with van der Waals surface area (Å²) in [5, 5.41) is 2.62. The Morgan fingerprint density at radius 2 is 1.73 bits per heavy atom. The van der Waals surface area contributed by atoms with Gasteiger partial charge in [-0.3, -0.25) is 14.6 Å². The van der Waals surface area contributed by atoms with Crippen molar-refractivity contribution in [3.8, 4) is 11.5 Å². The monoisotopic (exact) mass is 410 g/mol. The van der Waals surface area contributed by atoms with Crippen LogP contribution in [0.1, 0.15) is 23.0 Å². The molecule has 0 spiro atoms. The molecule has 0 aliphatic rings. The minimum atomic E-state index is -0.819. The van der Waals surface area contributed by atoms with Crippen molar-refractivity contribution in [3.05, 3.63) is 86.7 Å². The summed E-state index contributed by atoms with van der Waals surface area (Å²) >= 11 is 0. The number of hydrogen-bond donors (Lipinski definition) is 4. The van der Waals surface area contributed by atoms with Gasteiger partial charge in [-0.2, -0.15) is 0 Å². The van der Waals surface area contributed by atoms with E-state index in [9.17, 15) is 14.4 Å². The Labute approximate surface area is 171 Å². The molecule has 0 saturated carbocycles. The number of nitrogens with one attached hydrogen (secondary N) is 3. The molecule has 9 nitrogen and oxygen atoms in total. The number of aromatic nitrogens is 2. The highest BCUT2D eigenvalue weighted by molar-refractivity contribution is 5.96. The van der Waals surface area contributed by atoms with Gasteiger partial charge in [-0.05, 0) is 24.6 Å². The van der Waals surface area contributed by atoms with Gasteiger partial charge in [0.1, 0.15) is 36.1 Å². The molecular weight excluding hydrogens is 388 g/mol. The molecule has 0 aliphatic carbocycles. The molecule has 0 bridgehead atoms. The Kier molecular flexibility index (Phi) is 6.53. The molecule has 1 aromatic heterocycles.